The fraction of sp³-hybridized carbons (Fsp3) is 0.375. The predicted octanol–water partition coefficient (Wildman–Crippen LogP) is 2.65. The number of nitrogens with zero attached hydrogens (tertiary/aromatic N) is 1. The van der Waals surface area contributed by atoms with Gasteiger partial charge in [-0.05, 0) is 18.6 Å². The normalized spacial score (nSPS) is 8.36. The molecule has 3 heteroatoms. The highest BCUT2D eigenvalue weighted by Crippen LogP contribution is 2.14. The molecule has 1 aromatic rings. The summed E-state index contributed by atoms with van der Waals surface area (Å²) >= 11 is 5.69. The van der Waals surface area contributed by atoms with E-state index in [0.717, 1.165) is 5.56 Å². The van der Waals surface area contributed by atoms with E-state index >= 15 is 0 Å². The fourth-order valence-electron chi connectivity index (χ4n) is 0.514. The molecule has 0 bridgehead atoms. The van der Waals surface area contributed by atoms with Crippen molar-refractivity contribution in [2.24, 2.45) is 0 Å². The van der Waals surface area contributed by atoms with Gasteiger partial charge in [0.15, 0.2) is 0 Å². The molecule has 0 fully saturated rings. The number of hydrogen-bond acceptors (Lipinski definition) is 2. The van der Waals surface area contributed by atoms with Gasteiger partial charge in [0.1, 0.15) is 5.82 Å². The van der Waals surface area contributed by atoms with Gasteiger partial charge in [-0.3, -0.25) is 0 Å². The van der Waals surface area contributed by atoms with Crippen LogP contribution in [0.3, 0.4) is 0 Å². The Morgan fingerprint density at radius 1 is 1.45 bits per heavy atom. The molecule has 0 aliphatic rings. The zero-order chi connectivity index (χ0) is 8.85. The van der Waals surface area contributed by atoms with Crippen molar-refractivity contribution in [2.75, 3.05) is 5.73 Å². The first kappa shape index (κ1) is 10.2. The number of halogens is 1. The van der Waals surface area contributed by atoms with Gasteiger partial charge in [0.2, 0.25) is 0 Å². The maximum atomic E-state index is 5.69. The van der Waals surface area contributed by atoms with Crippen molar-refractivity contribution in [2.45, 2.75) is 20.8 Å². The molecule has 1 aromatic heterocycles. The van der Waals surface area contributed by atoms with Crippen LogP contribution in [0.15, 0.2) is 12.3 Å². The SMILES string of the molecule is CC.Cc1cnc(N)cc1Cl. The Labute approximate surface area is 72.4 Å². The van der Waals surface area contributed by atoms with E-state index in [4.69, 9.17) is 17.3 Å². The van der Waals surface area contributed by atoms with Crippen molar-refractivity contribution < 1.29 is 0 Å². The Morgan fingerprint density at radius 2 is 2.00 bits per heavy atom. The monoisotopic (exact) mass is 172 g/mol. The Bertz CT molecular complexity index is 223. The maximum Gasteiger partial charge on any atom is 0.124 e. The molecule has 0 aromatic carbocycles. The summed E-state index contributed by atoms with van der Waals surface area (Å²) in [4.78, 5) is 3.83. The smallest absolute Gasteiger partial charge is 0.124 e. The van der Waals surface area contributed by atoms with Gasteiger partial charge in [0.25, 0.3) is 0 Å². The molecule has 0 unspecified atom stereocenters. The number of anilines is 1. The molecular weight excluding hydrogens is 160 g/mol. The summed E-state index contributed by atoms with van der Waals surface area (Å²) in [6.45, 7) is 5.88. The first-order valence-electron chi connectivity index (χ1n) is 3.58. The summed E-state index contributed by atoms with van der Waals surface area (Å²) in [6.07, 6.45) is 1.65. The molecule has 0 amide bonds. The Kier molecular flexibility index (Phi) is 4.62. The Morgan fingerprint density at radius 3 is 2.36 bits per heavy atom. The number of nitrogens with two attached hydrogens (primary N) is 1. The lowest BCUT2D eigenvalue weighted by Crippen LogP contribution is -1.89. The van der Waals surface area contributed by atoms with Crippen LogP contribution in [0.4, 0.5) is 5.82 Å². The van der Waals surface area contributed by atoms with Crippen LogP contribution in [-0.4, -0.2) is 4.98 Å². The second-order valence-corrected chi connectivity index (χ2v) is 2.27. The van der Waals surface area contributed by atoms with Gasteiger partial charge in [0, 0.05) is 11.2 Å². The summed E-state index contributed by atoms with van der Waals surface area (Å²) in [5.74, 6) is 0.464. The van der Waals surface area contributed by atoms with Gasteiger partial charge in [0.05, 0.1) is 0 Å². The number of aromatic nitrogens is 1. The van der Waals surface area contributed by atoms with E-state index in [2.05, 4.69) is 4.98 Å². The Hall–Kier alpha value is -0.760. The van der Waals surface area contributed by atoms with E-state index in [9.17, 15) is 0 Å². The van der Waals surface area contributed by atoms with Crippen LogP contribution in [0.1, 0.15) is 19.4 Å². The second kappa shape index (κ2) is 4.97. The van der Waals surface area contributed by atoms with Gasteiger partial charge < -0.3 is 5.73 Å². The standard InChI is InChI=1S/C6H7ClN2.C2H6/c1-4-3-9-6(8)2-5(4)7;1-2/h2-3H,1H3,(H2,8,9);1-2H3. The van der Waals surface area contributed by atoms with Gasteiger partial charge in [-0.2, -0.15) is 0 Å². The van der Waals surface area contributed by atoms with Crippen molar-refractivity contribution in [1.82, 2.24) is 4.98 Å². The topological polar surface area (TPSA) is 38.9 Å². The van der Waals surface area contributed by atoms with Crippen LogP contribution in [-0.2, 0) is 0 Å². The number of nitrogen functional groups attached to an aromatic ring is 1. The third kappa shape index (κ3) is 3.23. The summed E-state index contributed by atoms with van der Waals surface area (Å²) in [6, 6.07) is 1.64. The molecule has 2 nitrogen and oxygen atoms in total. The van der Waals surface area contributed by atoms with Gasteiger partial charge >= 0.3 is 0 Å². The minimum Gasteiger partial charge on any atom is -0.384 e. The van der Waals surface area contributed by atoms with Crippen LogP contribution in [0.5, 0.6) is 0 Å². The van der Waals surface area contributed by atoms with E-state index in [-0.39, 0.29) is 0 Å². The molecule has 0 atom stereocenters. The summed E-state index contributed by atoms with van der Waals surface area (Å²) in [5, 5.41) is 0.669. The quantitative estimate of drug-likeness (QED) is 0.654. The zero-order valence-corrected chi connectivity index (χ0v) is 7.81. The number of hydrogen-bond donors (Lipinski definition) is 1. The van der Waals surface area contributed by atoms with Gasteiger partial charge in [-0.1, -0.05) is 25.4 Å². The van der Waals surface area contributed by atoms with E-state index in [1.165, 1.54) is 0 Å². The van der Waals surface area contributed by atoms with Crippen molar-refractivity contribution in [1.29, 1.82) is 0 Å². The number of aryl methyl sites for hydroxylation is 1. The molecule has 0 saturated heterocycles. The maximum absolute atomic E-state index is 5.69. The van der Waals surface area contributed by atoms with Crippen LogP contribution in [0.25, 0.3) is 0 Å². The van der Waals surface area contributed by atoms with E-state index in [1.807, 2.05) is 20.8 Å². The molecule has 0 spiro atoms. The summed E-state index contributed by atoms with van der Waals surface area (Å²) in [7, 11) is 0. The first-order chi connectivity index (χ1) is 5.20. The molecule has 0 saturated carbocycles. The van der Waals surface area contributed by atoms with Crippen LogP contribution in [0, 0.1) is 6.92 Å². The highest BCUT2D eigenvalue weighted by molar-refractivity contribution is 6.31. The van der Waals surface area contributed by atoms with Crippen molar-refractivity contribution in [3.63, 3.8) is 0 Å². The van der Waals surface area contributed by atoms with Gasteiger partial charge in [-0.15, -0.1) is 0 Å². The second-order valence-electron chi connectivity index (χ2n) is 1.86. The third-order valence-corrected chi connectivity index (χ3v) is 1.47. The first-order valence-corrected chi connectivity index (χ1v) is 3.95. The average molecular weight is 173 g/mol. The third-order valence-electron chi connectivity index (χ3n) is 1.06. The highest BCUT2D eigenvalue weighted by Gasteiger charge is 1.93. The van der Waals surface area contributed by atoms with E-state index in [1.54, 1.807) is 12.3 Å². The largest absolute Gasteiger partial charge is 0.384 e. The van der Waals surface area contributed by atoms with Gasteiger partial charge in [-0.25, -0.2) is 4.98 Å². The van der Waals surface area contributed by atoms with Crippen molar-refractivity contribution in [3.8, 4) is 0 Å². The molecule has 1 rings (SSSR count). The summed E-state index contributed by atoms with van der Waals surface area (Å²) < 4.78 is 0. The number of pyridine rings is 1. The molecule has 62 valence electrons. The molecule has 0 aliphatic carbocycles. The lowest BCUT2D eigenvalue weighted by Gasteiger charge is -1.95. The zero-order valence-electron chi connectivity index (χ0n) is 7.06. The fourth-order valence-corrected chi connectivity index (χ4v) is 0.675. The van der Waals surface area contributed by atoms with E-state index in [0.29, 0.717) is 10.8 Å². The lowest BCUT2D eigenvalue weighted by molar-refractivity contribution is 1.28. The lowest BCUT2D eigenvalue weighted by atomic mass is 10.3. The Balaban J connectivity index is 0.000000461. The highest BCUT2D eigenvalue weighted by atomic mass is 35.5. The van der Waals surface area contributed by atoms with E-state index < -0.39 is 0 Å². The van der Waals surface area contributed by atoms with Crippen LogP contribution in [0.2, 0.25) is 5.02 Å². The molecular formula is C8H13ClN2. The van der Waals surface area contributed by atoms with Crippen LogP contribution >= 0.6 is 11.6 Å². The molecule has 0 aliphatic heterocycles. The number of rotatable bonds is 0. The molecule has 2 N–H and O–H groups in total. The molecule has 0 radical (unpaired) electrons. The minimum absolute atomic E-state index is 0.464. The predicted molar refractivity (Wildman–Crippen MR) is 49.7 cm³/mol. The summed E-state index contributed by atoms with van der Waals surface area (Å²) in [5.41, 5.74) is 6.28. The van der Waals surface area contributed by atoms with Crippen LogP contribution < -0.4 is 5.73 Å². The molecule has 11 heavy (non-hydrogen) atoms. The van der Waals surface area contributed by atoms with Crippen molar-refractivity contribution in [3.05, 3.63) is 22.8 Å². The average Bonchev–Trinajstić information content (AvgIpc) is 2.02. The minimum atomic E-state index is 0.464. The van der Waals surface area contributed by atoms with Crippen molar-refractivity contribution >= 4 is 17.4 Å². The molecule has 1 heterocycles.